The van der Waals surface area contributed by atoms with Crippen LogP contribution in [-0.4, -0.2) is 16.0 Å². The minimum atomic E-state index is -0.369. The number of oxazole rings is 1. The lowest BCUT2D eigenvalue weighted by Crippen LogP contribution is -2.32. The number of nitrogens with zero attached hydrogens (tertiary/aromatic N) is 1. The molecule has 2 aromatic heterocycles. The second kappa shape index (κ2) is 10.6. The lowest BCUT2D eigenvalue weighted by atomic mass is 10.0. The molecular formula is C30H25N3O3S. The molecule has 2 heterocycles. The molecule has 0 bridgehead atoms. The molecule has 7 heteroatoms. The van der Waals surface area contributed by atoms with E-state index in [2.05, 4.69) is 41.6 Å². The van der Waals surface area contributed by atoms with Crippen molar-refractivity contribution in [2.24, 2.45) is 0 Å². The molecule has 0 atom stereocenters. The fourth-order valence-corrected chi connectivity index (χ4v) is 4.05. The van der Waals surface area contributed by atoms with Gasteiger partial charge in [-0.05, 0) is 72.2 Å². The number of amides is 1. The Bertz CT molecular complexity index is 1600. The van der Waals surface area contributed by atoms with Gasteiger partial charge in [0, 0.05) is 22.9 Å². The highest BCUT2D eigenvalue weighted by Gasteiger charge is 2.11. The Balaban J connectivity index is 1.21. The maximum Gasteiger partial charge on any atom is 0.250 e. The number of fused-ring (bicyclic) bond motifs is 1. The first kappa shape index (κ1) is 24.2. The van der Waals surface area contributed by atoms with Crippen molar-refractivity contribution in [2.45, 2.75) is 19.8 Å². The van der Waals surface area contributed by atoms with Crippen molar-refractivity contribution in [2.75, 3.05) is 5.32 Å². The number of rotatable bonds is 6. The van der Waals surface area contributed by atoms with Crippen LogP contribution in [0.2, 0.25) is 0 Å². The van der Waals surface area contributed by atoms with Gasteiger partial charge in [-0.1, -0.05) is 56.3 Å². The van der Waals surface area contributed by atoms with E-state index >= 15 is 0 Å². The van der Waals surface area contributed by atoms with Crippen LogP contribution in [0.4, 0.5) is 5.69 Å². The topological polar surface area (TPSA) is 80.3 Å². The largest absolute Gasteiger partial charge is 0.457 e. The Morgan fingerprint density at radius 2 is 1.73 bits per heavy atom. The highest BCUT2D eigenvalue weighted by Crippen LogP contribution is 2.28. The summed E-state index contributed by atoms with van der Waals surface area (Å²) in [6.07, 6.45) is 2.98. The summed E-state index contributed by atoms with van der Waals surface area (Å²) in [7, 11) is 0. The molecule has 6 nitrogen and oxygen atoms in total. The molecule has 3 aromatic carbocycles. The number of anilines is 1. The second-order valence-electron chi connectivity index (χ2n) is 8.83. The van der Waals surface area contributed by atoms with Crippen LogP contribution in [0.5, 0.6) is 0 Å². The molecule has 0 spiro atoms. The molecule has 0 aliphatic heterocycles. The summed E-state index contributed by atoms with van der Waals surface area (Å²) in [5.41, 5.74) is 5.24. The first-order valence-corrected chi connectivity index (χ1v) is 12.3. The van der Waals surface area contributed by atoms with Crippen LogP contribution in [-0.2, 0) is 4.79 Å². The van der Waals surface area contributed by atoms with E-state index in [0.29, 0.717) is 23.3 Å². The van der Waals surface area contributed by atoms with Crippen LogP contribution in [0.3, 0.4) is 0 Å². The van der Waals surface area contributed by atoms with Gasteiger partial charge < -0.3 is 14.2 Å². The van der Waals surface area contributed by atoms with Gasteiger partial charge in [0.25, 0.3) is 0 Å². The van der Waals surface area contributed by atoms with Gasteiger partial charge in [-0.15, -0.1) is 0 Å². The molecule has 2 N–H and O–H groups in total. The Hall–Kier alpha value is -4.49. The predicted molar refractivity (Wildman–Crippen MR) is 151 cm³/mol. The van der Waals surface area contributed by atoms with Crippen molar-refractivity contribution < 1.29 is 13.6 Å². The van der Waals surface area contributed by atoms with Crippen molar-refractivity contribution in [3.05, 3.63) is 102 Å². The van der Waals surface area contributed by atoms with E-state index < -0.39 is 0 Å². The smallest absolute Gasteiger partial charge is 0.250 e. The molecule has 0 unspecified atom stereocenters. The minimum absolute atomic E-state index is 0.176. The average Bonchev–Trinajstić information content (AvgIpc) is 3.55. The standard InChI is InChI=1S/C30H25N3O3S/c1-19(2)21-11-14-27-25(18-21)32-29(36-27)22-9-6-10-23(17-22)31-30(37)33-28(34)16-13-24-12-15-26(35-24)20-7-4-3-5-8-20/h3-19H,1-2H3,(H2,31,33,34,37)/b16-13+. The maximum atomic E-state index is 12.4. The Labute approximate surface area is 220 Å². The number of aromatic nitrogens is 1. The van der Waals surface area contributed by atoms with Crippen molar-refractivity contribution in [1.82, 2.24) is 10.3 Å². The normalized spacial score (nSPS) is 11.3. The number of carbonyl (C=O) groups excluding carboxylic acids is 1. The molecule has 0 aliphatic carbocycles. The SMILES string of the molecule is CC(C)c1ccc2oc(-c3cccc(NC(=S)NC(=O)/C=C/c4ccc(-c5ccccc5)o4)c3)nc2c1. The molecule has 0 radical (unpaired) electrons. The van der Waals surface area contributed by atoms with Crippen LogP contribution in [0.25, 0.3) is 40.0 Å². The number of thiocarbonyl (C=S) groups is 1. The monoisotopic (exact) mass is 507 g/mol. The van der Waals surface area contributed by atoms with Gasteiger partial charge in [-0.25, -0.2) is 4.98 Å². The Morgan fingerprint density at radius 3 is 2.54 bits per heavy atom. The molecule has 5 rings (SSSR count). The summed E-state index contributed by atoms with van der Waals surface area (Å²) >= 11 is 5.32. The zero-order valence-corrected chi connectivity index (χ0v) is 21.2. The maximum absolute atomic E-state index is 12.4. The van der Waals surface area contributed by atoms with Gasteiger partial charge in [0.2, 0.25) is 11.8 Å². The molecule has 0 saturated heterocycles. The molecule has 1 amide bonds. The third kappa shape index (κ3) is 5.85. The molecule has 184 valence electrons. The first-order valence-electron chi connectivity index (χ1n) is 11.9. The van der Waals surface area contributed by atoms with Gasteiger partial charge in [-0.2, -0.15) is 0 Å². The van der Waals surface area contributed by atoms with Gasteiger partial charge in [0.15, 0.2) is 10.7 Å². The van der Waals surface area contributed by atoms with E-state index in [1.807, 2.05) is 72.8 Å². The predicted octanol–water partition coefficient (Wildman–Crippen LogP) is 7.40. The van der Waals surface area contributed by atoms with E-state index in [4.69, 9.17) is 21.1 Å². The van der Waals surface area contributed by atoms with Crippen molar-refractivity contribution in [3.8, 4) is 22.8 Å². The van der Waals surface area contributed by atoms with E-state index in [1.54, 1.807) is 6.08 Å². The number of furan rings is 1. The third-order valence-corrected chi connectivity index (χ3v) is 5.97. The van der Waals surface area contributed by atoms with Crippen molar-refractivity contribution in [1.29, 1.82) is 0 Å². The van der Waals surface area contributed by atoms with E-state index in [1.165, 1.54) is 11.6 Å². The van der Waals surface area contributed by atoms with Gasteiger partial charge in [-0.3, -0.25) is 10.1 Å². The van der Waals surface area contributed by atoms with Crippen LogP contribution in [0, 0.1) is 0 Å². The Morgan fingerprint density at radius 1 is 0.919 bits per heavy atom. The fraction of sp³-hybridized carbons (Fsp3) is 0.100. The molecule has 37 heavy (non-hydrogen) atoms. The summed E-state index contributed by atoms with van der Waals surface area (Å²) in [4.78, 5) is 17.0. The summed E-state index contributed by atoms with van der Waals surface area (Å²) in [6, 6.07) is 27.0. The number of hydrogen-bond acceptors (Lipinski definition) is 5. The van der Waals surface area contributed by atoms with Crippen molar-refractivity contribution in [3.63, 3.8) is 0 Å². The lowest BCUT2D eigenvalue weighted by molar-refractivity contribution is -0.115. The summed E-state index contributed by atoms with van der Waals surface area (Å²) in [5, 5.41) is 5.86. The van der Waals surface area contributed by atoms with Gasteiger partial charge in [0.05, 0.1) is 0 Å². The lowest BCUT2D eigenvalue weighted by Gasteiger charge is -2.08. The molecule has 0 aliphatic rings. The van der Waals surface area contributed by atoms with Crippen LogP contribution >= 0.6 is 12.2 Å². The second-order valence-corrected chi connectivity index (χ2v) is 9.23. The molecule has 0 saturated carbocycles. The van der Waals surface area contributed by atoms with E-state index in [9.17, 15) is 4.79 Å². The quantitative estimate of drug-likeness (QED) is 0.184. The highest BCUT2D eigenvalue weighted by molar-refractivity contribution is 7.80. The molecule has 5 aromatic rings. The number of benzene rings is 3. The molecule has 0 fully saturated rings. The summed E-state index contributed by atoms with van der Waals surface area (Å²) < 4.78 is 11.7. The van der Waals surface area contributed by atoms with Gasteiger partial charge in [0.1, 0.15) is 17.0 Å². The number of hydrogen-bond donors (Lipinski definition) is 2. The van der Waals surface area contributed by atoms with E-state index in [0.717, 1.165) is 28.0 Å². The van der Waals surface area contributed by atoms with Gasteiger partial charge >= 0.3 is 0 Å². The first-order chi connectivity index (χ1) is 17.9. The molecular weight excluding hydrogens is 482 g/mol. The van der Waals surface area contributed by atoms with Crippen LogP contribution < -0.4 is 10.6 Å². The van der Waals surface area contributed by atoms with Crippen molar-refractivity contribution >= 4 is 46.1 Å². The average molecular weight is 508 g/mol. The number of carbonyl (C=O) groups is 1. The van der Waals surface area contributed by atoms with E-state index in [-0.39, 0.29) is 11.0 Å². The summed E-state index contributed by atoms with van der Waals surface area (Å²) in [5.74, 6) is 1.86. The van der Waals surface area contributed by atoms with Crippen LogP contribution in [0.15, 0.2) is 99.8 Å². The fourth-order valence-electron chi connectivity index (χ4n) is 3.83. The highest BCUT2D eigenvalue weighted by atomic mass is 32.1. The van der Waals surface area contributed by atoms with Crippen LogP contribution in [0.1, 0.15) is 31.1 Å². The zero-order valence-electron chi connectivity index (χ0n) is 20.4. The third-order valence-electron chi connectivity index (χ3n) is 5.77. The minimum Gasteiger partial charge on any atom is -0.457 e. The Kier molecular flexibility index (Phi) is 6.96. The zero-order chi connectivity index (χ0) is 25.8. The summed E-state index contributed by atoms with van der Waals surface area (Å²) in [6.45, 7) is 4.29. The number of nitrogens with one attached hydrogen (secondary N) is 2.